The summed E-state index contributed by atoms with van der Waals surface area (Å²) >= 11 is 11.0. The molecule has 0 saturated heterocycles. The van der Waals surface area contributed by atoms with Crippen LogP contribution < -0.4 is 0 Å². The summed E-state index contributed by atoms with van der Waals surface area (Å²) in [7, 11) is 0. The Morgan fingerprint density at radius 1 is 1.71 bits per heavy atom. The Bertz CT molecular complexity index is 62.7. The van der Waals surface area contributed by atoms with Gasteiger partial charge in [-0.1, -0.05) is 35.5 Å². The predicted octanol–water partition coefficient (Wildman–Crippen LogP) is 3.35. The molecule has 1 unspecified atom stereocenters. The number of allylic oxidation sites excluding steroid dienone is 1. The van der Waals surface area contributed by atoms with Crippen LogP contribution in [0.3, 0.4) is 0 Å². The molecule has 3 heteroatoms. The first-order chi connectivity index (χ1) is 3.18. The lowest BCUT2D eigenvalue weighted by molar-refractivity contribution is 1.25. The molecule has 0 rings (SSSR count). The Hall–Kier alpha value is 0.750. The summed E-state index contributed by atoms with van der Waals surface area (Å²) in [5.74, 6) is 0. The average molecular weight is 157 g/mol. The van der Waals surface area contributed by atoms with Gasteiger partial charge in [-0.25, -0.2) is 0 Å². The number of hydrogen-bond acceptors (Lipinski definition) is 0. The highest BCUT2D eigenvalue weighted by molar-refractivity contribution is 8.04. The fraction of sp³-hybridized carbons (Fsp3) is 0.500. The van der Waals surface area contributed by atoms with Crippen molar-refractivity contribution >= 4 is 29.1 Å². The van der Waals surface area contributed by atoms with Crippen molar-refractivity contribution in [2.75, 3.05) is 0 Å². The second-order valence-corrected chi connectivity index (χ2v) is 5.27. The van der Waals surface area contributed by atoms with Crippen LogP contribution in [0.2, 0.25) is 0 Å². The topological polar surface area (TPSA) is 0 Å². The fourth-order valence-electron chi connectivity index (χ4n) is 0.0797. The quantitative estimate of drug-likeness (QED) is 0.425. The van der Waals surface area contributed by atoms with Gasteiger partial charge < -0.3 is 0 Å². The van der Waals surface area contributed by atoms with Gasteiger partial charge in [-0.05, 0) is 0 Å². The van der Waals surface area contributed by atoms with Crippen molar-refractivity contribution in [3.63, 3.8) is 0 Å². The van der Waals surface area contributed by atoms with Crippen molar-refractivity contribution in [3.8, 4) is 0 Å². The number of halogens is 2. The maximum atomic E-state index is 5.49. The van der Waals surface area contributed by atoms with Crippen LogP contribution in [0.4, 0.5) is 0 Å². The lowest BCUT2D eigenvalue weighted by atomic mass is 10.5. The van der Waals surface area contributed by atoms with Crippen molar-refractivity contribution in [2.24, 2.45) is 0 Å². The zero-order valence-corrected chi connectivity index (χ0v) is 6.47. The van der Waals surface area contributed by atoms with Crippen LogP contribution in [0.15, 0.2) is 12.7 Å². The third-order valence-corrected chi connectivity index (χ3v) is 3.32. The van der Waals surface area contributed by atoms with Gasteiger partial charge in [0.1, 0.15) is 0 Å². The summed E-state index contributed by atoms with van der Waals surface area (Å²) in [5, 5.41) is 0. The smallest absolute Gasteiger partial charge is 0.0921 e. The summed E-state index contributed by atoms with van der Waals surface area (Å²) in [6, 6.07) is 0. The molecule has 0 nitrogen and oxygen atoms in total. The predicted molar refractivity (Wildman–Crippen MR) is 38.3 cm³/mol. The molecule has 0 aromatic rings. The van der Waals surface area contributed by atoms with E-state index in [1.165, 1.54) is 0 Å². The highest BCUT2D eigenvalue weighted by Crippen LogP contribution is 2.51. The van der Waals surface area contributed by atoms with E-state index in [-0.39, 0.29) is 5.66 Å². The van der Waals surface area contributed by atoms with Gasteiger partial charge in [0.15, 0.2) is 0 Å². The summed E-state index contributed by atoms with van der Waals surface area (Å²) in [6.07, 6.45) is 1.76. The summed E-state index contributed by atoms with van der Waals surface area (Å²) in [4.78, 5) is 0. The van der Waals surface area contributed by atoms with Crippen molar-refractivity contribution in [1.82, 2.24) is 0 Å². The maximum absolute atomic E-state index is 5.49. The van der Waals surface area contributed by atoms with Crippen molar-refractivity contribution in [1.29, 1.82) is 0 Å². The first-order valence-electron chi connectivity index (χ1n) is 1.92. The van der Waals surface area contributed by atoms with Gasteiger partial charge in [0, 0.05) is 5.66 Å². The molecule has 0 aliphatic heterocycles. The van der Waals surface area contributed by atoms with E-state index in [2.05, 4.69) is 6.58 Å². The number of hydrogen-bond donors (Lipinski definition) is 0. The molecule has 42 valence electrons. The minimum Gasteiger partial charge on any atom is -0.102 e. The van der Waals surface area contributed by atoms with Gasteiger partial charge in [0.2, 0.25) is 0 Å². The van der Waals surface area contributed by atoms with Crippen LogP contribution in [-0.4, -0.2) is 5.66 Å². The van der Waals surface area contributed by atoms with E-state index in [1.54, 1.807) is 6.08 Å². The maximum Gasteiger partial charge on any atom is 0.0921 e. The van der Waals surface area contributed by atoms with Crippen LogP contribution in [0, 0.1) is 0 Å². The molecule has 7 heavy (non-hydrogen) atoms. The highest BCUT2D eigenvalue weighted by Gasteiger charge is 2.04. The second kappa shape index (κ2) is 3.72. The Morgan fingerprint density at radius 2 is 2.14 bits per heavy atom. The van der Waals surface area contributed by atoms with E-state index in [1.807, 2.05) is 6.92 Å². The van der Waals surface area contributed by atoms with Gasteiger partial charge in [0.25, 0.3) is 0 Å². The lowest BCUT2D eigenvalue weighted by Crippen LogP contribution is -1.82. The average Bonchev–Trinajstić information content (AvgIpc) is 1.65. The largest absolute Gasteiger partial charge is 0.102 e. The zero-order valence-electron chi connectivity index (χ0n) is 4.06. The van der Waals surface area contributed by atoms with Gasteiger partial charge in [0.05, 0.1) is 6.63 Å². The van der Waals surface area contributed by atoms with Crippen LogP contribution in [0.1, 0.15) is 6.92 Å². The van der Waals surface area contributed by atoms with E-state index in [9.17, 15) is 0 Å². The molecular formula is C4H7Cl2P. The molecule has 0 aromatic heterocycles. The molecule has 0 aliphatic carbocycles. The first kappa shape index (κ1) is 7.75. The first-order valence-corrected chi connectivity index (χ1v) is 5.14. The molecule has 0 amide bonds. The van der Waals surface area contributed by atoms with Gasteiger partial charge >= 0.3 is 0 Å². The molecule has 0 aromatic carbocycles. The molecule has 0 N–H and O–H groups in total. The van der Waals surface area contributed by atoms with Crippen molar-refractivity contribution < 1.29 is 0 Å². The van der Waals surface area contributed by atoms with Crippen LogP contribution >= 0.6 is 29.1 Å². The monoisotopic (exact) mass is 156 g/mol. The summed E-state index contributed by atoms with van der Waals surface area (Å²) in [5.41, 5.74) is 0.262. The molecule has 0 radical (unpaired) electrons. The highest BCUT2D eigenvalue weighted by atomic mass is 35.9. The molecular weight excluding hydrogens is 150 g/mol. The second-order valence-electron chi connectivity index (χ2n) is 1.24. The van der Waals surface area contributed by atoms with Gasteiger partial charge in [-0.15, -0.1) is 6.58 Å². The molecule has 0 spiro atoms. The Morgan fingerprint density at radius 3 is 2.14 bits per heavy atom. The SMILES string of the molecule is C=CC(C)P(Cl)Cl. The standard InChI is InChI=1S/C4H7Cl2P/c1-3-4(2)7(5)6/h3-4H,1H2,2H3. The van der Waals surface area contributed by atoms with Crippen molar-refractivity contribution in [2.45, 2.75) is 12.6 Å². The Labute approximate surface area is 54.8 Å². The molecule has 0 aliphatic rings. The minimum atomic E-state index is -0.835. The van der Waals surface area contributed by atoms with E-state index < -0.39 is 6.63 Å². The molecule has 0 saturated carbocycles. The van der Waals surface area contributed by atoms with E-state index in [0.717, 1.165) is 0 Å². The third kappa shape index (κ3) is 3.34. The molecule has 1 atom stereocenters. The van der Waals surface area contributed by atoms with E-state index in [0.29, 0.717) is 0 Å². The molecule has 0 fully saturated rings. The van der Waals surface area contributed by atoms with E-state index in [4.69, 9.17) is 22.5 Å². The summed E-state index contributed by atoms with van der Waals surface area (Å²) in [6.45, 7) is 4.64. The number of rotatable bonds is 2. The fourth-order valence-corrected chi connectivity index (χ4v) is 0.717. The van der Waals surface area contributed by atoms with E-state index >= 15 is 0 Å². The van der Waals surface area contributed by atoms with Crippen LogP contribution in [0.25, 0.3) is 0 Å². The zero-order chi connectivity index (χ0) is 5.86. The third-order valence-electron chi connectivity index (χ3n) is 0.649. The summed E-state index contributed by atoms with van der Waals surface area (Å²) < 4.78 is 0. The molecule has 0 bridgehead atoms. The Balaban J connectivity index is 3.33. The molecule has 0 heterocycles. The normalized spacial score (nSPS) is 14.3. The van der Waals surface area contributed by atoms with Crippen LogP contribution in [-0.2, 0) is 0 Å². The minimum absolute atomic E-state index is 0.262. The Kier molecular flexibility index (Phi) is 4.11. The van der Waals surface area contributed by atoms with Crippen LogP contribution in [0.5, 0.6) is 0 Å². The van der Waals surface area contributed by atoms with Gasteiger partial charge in [-0.3, -0.25) is 0 Å². The van der Waals surface area contributed by atoms with Gasteiger partial charge in [-0.2, -0.15) is 0 Å². The lowest BCUT2D eigenvalue weighted by Gasteiger charge is -2.01. The van der Waals surface area contributed by atoms with Crippen molar-refractivity contribution in [3.05, 3.63) is 12.7 Å².